The summed E-state index contributed by atoms with van der Waals surface area (Å²) in [4.78, 5) is 28.0. The van der Waals surface area contributed by atoms with Gasteiger partial charge in [-0.25, -0.2) is 0 Å². The average Bonchev–Trinajstić information content (AvgIpc) is 2.99. The van der Waals surface area contributed by atoms with E-state index in [1.165, 1.54) is 0 Å². The van der Waals surface area contributed by atoms with Crippen molar-refractivity contribution < 1.29 is 14.7 Å². The monoisotopic (exact) mass is 363 g/mol. The number of piperazine rings is 1. The highest BCUT2D eigenvalue weighted by Gasteiger charge is 2.30. The molecule has 4 rings (SSSR count). The van der Waals surface area contributed by atoms with E-state index < -0.39 is 0 Å². The van der Waals surface area contributed by atoms with E-state index in [0.29, 0.717) is 12.1 Å². The average molecular weight is 363 g/mol. The molecule has 27 heavy (non-hydrogen) atoms. The highest BCUT2D eigenvalue weighted by atomic mass is 16.3. The molecule has 6 nitrogen and oxygen atoms in total. The fraction of sp³-hybridized carbons (Fsp3) is 0.238. The first-order valence-corrected chi connectivity index (χ1v) is 9.01. The Balaban J connectivity index is 1.66. The van der Waals surface area contributed by atoms with Crippen LogP contribution in [0.3, 0.4) is 0 Å². The highest BCUT2D eigenvalue weighted by molar-refractivity contribution is 6.13. The second kappa shape index (κ2) is 7.15. The fourth-order valence-corrected chi connectivity index (χ4v) is 3.69. The van der Waals surface area contributed by atoms with E-state index in [4.69, 9.17) is 0 Å². The highest BCUT2D eigenvalue weighted by Crippen LogP contribution is 2.28. The van der Waals surface area contributed by atoms with Gasteiger partial charge in [0, 0.05) is 42.6 Å². The summed E-state index contributed by atoms with van der Waals surface area (Å²) in [6, 6.07) is 17.2. The van der Waals surface area contributed by atoms with Gasteiger partial charge in [0.15, 0.2) is 0 Å². The van der Waals surface area contributed by atoms with Crippen molar-refractivity contribution in [2.24, 2.45) is 0 Å². The van der Waals surface area contributed by atoms with E-state index in [0.717, 1.165) is 24.5 Å². The summed E-state index contributed by atoms with van der Waals surface area (Å²) in [5.74, 6) is -0.364. The Kier molecular flexibility index (Phi) is 4.54. The van der Waals surface area contributed by atoms with Crippen LogP contribution in [0.1, 0.15) is 6.42 Å². The van der Waals surface area contributed by atoms with Crippen molar-refractivity contribution in [3.8, 4) is 5.75 Å². The Morgan fingerprint density at radius 3 is 2.48 bits per heavy atom. The fourth-order valence-electron chi connectivity index (χ4n) is 3.69. The van der Waals surface area contributed by atoms with Gasteiger partial charge in [-0.1, -0.05) is 30.3 Å². The van der Waals surface area contributed by atoms with Crippen molar-refractivity contribution in [1.29, 1.82) is 0 Å². The van der Waals surface area contributed by atoms with Gasteiger partial charge in [-0.05, 0) is 24.3 Å². The van der Waals surface area contributed by atoms with Crippen LogP contribution in [0.2, 0.25) is 0 Å². The van der Waals surface area contributed by atoms with Crippen LogP contribution in [0.4, 0.5) is 11.4 Å². The number of phenols is 1. The zero-order valence-corrected chi connectivity index (χ0v) is 14.8. The number of amides is 2. The van der Waals surface area contributed by atoms with Crippen LogP contribution in [-0.2, 0) is 9.59 Å². The molecule has 0 bridgehead atoms. The first-order valence-electron chi connectivity index (χ1n) is 9.01. The molecular formula is C21H21N3O3. The molecule has 2 aromatic rings. The smallest absolute Gasteiger partial charge is 0.254 e. The van der Waals surface area contributed by atoms with Gasteiger partial charge >= 0.3 is 0 Å². The SMILES string of the molecule is O=C1C/C(=C/C2CN(c3ccccc3)CCN2c2cccc(O)c2)C(=O)N1. The third kappa shape index (κ3) is 3.65. The number of phenolic OH excluding ortho intramolecular Hbond substituents is 1. The van der Waals surface area contributed by atoms with Crippen LogP contribution in [0, 0.1) is 0 Å². The van der Waals surface area contributed by atoms with Crippen molar-refractivity contribution in [2.75, 3.05) is 29.4 Å². The molecule has 2 saturated heterocycles. The molecule has 6 heteroatoms. The van der Waals surface area contributed by atoms with Crippen molar-refractivity contribution in [3.05, 3.63) is 66.2 Å². The zero-order chi connectivity index (χ0) is 18.8. The maximum absolute atomic E-state index is 12.0. The number of benzene rings is 2. The molecule has 0 aliphatic carbocycles. The summed E-state index contributed by atoms with van der Waals surface area (Å²) in [6.45, 7) is 2.25. The number of rotatable bonds is 3. The molecular weight excluding hydrogens is 342 g/mol. The maximum atomic E-state index is 12.0. The number of imide groups is 1. The Hall–Kier alpha value is -3.28. The molecule has 0 aromatic heterocycles. The minimum absolute atomic E-state index is 0.0904. The Bertz CT molecular complexity index is 895. The van der Waals surface area contributed by atoms with Gasteiger partial charge in [-0.3, -0.25) is 14.9 Å². The predicted molar refractivity (Wildman–Crippen MR) is 104 cm³/mol. The molecule has 0 saturated carbocycles. The number of para-hydroxylation sites is 1. The number of hydrogen-bond acceptors (Lipinski definition) is 5. The first-order chi connectivity index (χ1) is 13.1. The first kappa shape index (κ1) is 17.1. The number of hydrogen-bond donors (Lipinski definition) is 2. The summed E-state index contributed by atoms with van der Waals surface area (Å²) in [6.07, 6.45) is 2.01. The van der Waals surface area contributed by atoms with E-state index in [1.807, 2.05) is 36.4 Å². The number of nitrogens with one attached hydrogen (secondary N) is 1. The molecule has 1 atom stereocenters. The molecule has 2 aromatic carbocycles. The minimum atomic E-state index is -0.312. The minimum Gasteiger partial charge on any atom is -0.508 e. The quantitative estimate of drug-likeness (QED) is 0.645. The van der Waals surface area contributed by atoms with E-state index in [9.17, 15) is 14.7 Å². The van der Waals surface area contributed by atoms with Gasteiger partial charge in [-0.2, -0.15) is 0 Å². The Morgan fingerprint density at radius 1 is 1.00 bits per heavy atom. The summed E-state index contributed by atoms with van der Waals surface area (Å²) in [5, 5.41) is 12.2. The van der Waals surface area contributed by atoms with Gasteiger partial charge in [0.25, 0.3) is 5.91 Å². The molecule has 1 unspecified atom stereocenters. The molecule has 2 heterocycles. The molecule has 2 fully saturated rings. The summed E-state index contributed by atoms with van der Waals surface area (Å²) >= 11 is 0. The summed E-state index contributed by atoms with van der Waals surface area (Å²) < 4.78 is 0. The third-order valence-electron chi connectivity index (χ3n) is 4.99. The lowest BCUT2D eigenvalue weighted by atomic mass is 10.0. The molecule has 0 radical (unpaired) electrons. The van der Waals surface area contributed by atoms with E-state index in [-0.39, 0.29) is 30.0 Å². The number of anilines is 2. The maximum Gasteiger partial charge on any atom is 0.254 e. The van der Waals surface area contributed by atoms with Crippen LogP contribution < -0.4 is 15.1 Å². The number of carbonyl (C=O) groups is 2. The molecule has 2 aliphatic rings. The van der Waals surface area contributed by atoms with E-state index >= 15 is 0 Å². The van der Waals surface area contributed by atoms with Gasteiger partial charge in [0.05, 0.1) is 12.5 Å². The summed E-state index contributed by atoms with van der Waals surface area (Å²) in [7, 11) is 0. The van der Waals surface area contributed by atoms with Crippen LogP contribution in [-0.4, -0.2) is 42.6 Å². The van der Waals surface area contributed by atoms with E-state index in [2.05, 4.69) is 27.2 Å². The predicted octanol–water partition coefficient (Wildman–Crippen LogP) is 2.06. The third-order valence-corrected chi connectivity index (χ3v) is 4.99. The lowest BCUT2D eigenvalue weighted by Gasteiger charge is -2.43. The van der Waals surface area contributed by atoms with Crippen molar-refractivity contribution >= 4 is 23.2 Å². The molecule has 2 aliphatic heterocycles. The number of carbonyl (C=O) groups excluding carboxylic acids is 2. The molecule has 2 N–H and O–H groups in total. The normalized spacial score (nSPS) is 21.6. The summed E-state index contributed by atoms with van der Waals surface area (Å²) in [5.41, 5.74) is 2.53. The van der Waals surface area contributed by atoms with Crippen LogP contribution >= 0.6 is 0 Å². The second-order valence-electron chi connectivity index (χ2n) is 6.81. The lowest BCUT2D eigenvalue weighted by molar-refractivity contribution is -0.124. The van der Waals surface area contributed by atoms with Gasteiger partial charge < -0.3 is 14.9 Å². The van der Waals surface area contributed by atoms with Crippen LogP contribution in [0.25, 0.3) is 0 Å². The zero-order valence-electron chi connectivity index (χ0n) is 14.8. The standard InChI is InChI=1S/C21H21N3O3/c25-19-8-4-7-17(13-19)24-10-9-23(16-5-2-1-3-6-16)14-18(24)11-15-12-20(26)22-21(15)27/h1-8,11,13,18,25H,9-10,12,14H2,(H,22,26,27)/b15-11-. The Morgan fingerprint density at radius 2 is 1.78 bits per heavy atom. The molecule has 2 amide bonds. The van der Waals surface area contributed by atoms with Crippen molar-refractivity contribution in [1.82, 2.24) is 5.32 Å². The van der Waals surface area contributed by atoms with Gasteiger partial charge in [0.2, 0.25) is 5.91 Å². The molecule has 138 valence electrons. The van der Waals surface area contributed by atoms with Crippen LogP contribution in [0.15, 0.2) is 66.2 Å². The van der Waals surface area contributed by atoms with Gasteiger partial charge in [0.1, 0.15) is 5.75 Å². The lowest BCUT2D eigenvalue weighted by Crippen LogP contribution is -2.53. The van der Waals surface area contributed by atoms with Crippen LogP contribution in [0.5, 0.6) is 5.75 Å². The Labute approximate surface area is 157 Å². The van der Waals surface area contributed by atoms with Gasteiger partial charge in [-0.15, -0.1) is 0 Å². The van der Waals surface area contributed by atoms with E-state index in [1.54, 1.807) is 12.1 Å². The second-order valence-corrected chi connectivity index (χ2v) is 6.81. The largest absolute Gasteiger partial charge is 0.508 e. The molecule has 0 spiro atoms. The number of aromatic hydroxyl groups is 1. The topological polar surface area (TPSA) is 72.9 Å². The van der Waals surface area contributed by atoms with Crippen molar-refractivity contribution in [3.63, 3.8) is 0 Å². The van der Waals surface area contributed by atoms with Crippen molar-refractivity contribution in [2.45, 2.75) is 12.5 Å². The number of nitrogens with zero attached hydrogens (tertiary/aromatic N) is 2.